The summed E-state index contributed by atoms with van der Waals surface area (Å²) in [5.41, 5.74) is 9.42. The molecule has 1 fully saturated rings. The Morgan fingerprint density at radius 3 is 2.38 bits per heavy atom. The van der Waals surface area contributed by atoms with E-state index in [1.165, 1.54) is 28.0 Å². The van der Waals surface area contributed by atoms with E-state index in [0.29, 0.717) is 27.8 Å². The van der Waals surface area contributed by atoms with Gasteiger partial charge < -0.3 is 4.74 Å². The van der Waals surface area contributed by atoms with Gasteiger partial charge in [-0.2, -0.15) is 26.9 Å². The van der Waals surface area contributed by atoms with Crippen molar-refractivity contribution >= 4 is 46.2 Å². The van der Waals surface area contributed by atoms with Crippen LogP contribution in [0, 0.1) is 13.8 Å². The van der Waals surface area contributed by atoms with E-state index in [-0.39, 0.29) is 22.9 Å². The maximum absolute atomic E-state index is 13.2. The van der Waals surface area contributed by atoms with Gasteiger partial charge in [0.15, 0.2) is 11.0 Å². The SMILES string of the molecule is Cc1ccc(Cl)c(N2C(=O)CSC2=NC(=O)NNC(C)c2ccc(-c3ncn(-c4ccc(OC(F)(F)C(F)(F)F)cc4)n3)cc2)c1C. The highest BCUT2D eigenvalue weighted by Crippen LogP contribution is 2.38. The molecule has 10 nitrogen and oxygen atoms in total. The second-order valence-corrected chi connectivity index (χ2v) is 11.6. The fraction of sp³-hybridized carbons (Fsp3) is 0.233. The van der Waals surface area contributed by atoms with Gasteiger partial charge >= 0.3 is 18.3 Å². The van der Waals surface area contributed by atoms with E-state index >= 15 is 0 Å². The van der Waals surface area contributed by atoms with Gasteiger partial charge in [0, 0.05) is 11.6 Å². The minimum atomic E-state index is -5.85. The number of amides is 3. The number of anilines is 1. The number of alkyl halides is 5. The van der Waals surface area contributed by atoms with Crippen LogP contribution in [-0.2, 0) is 4.79 Å². The van der Waals surface area contributed by atoms with Crippen LogP contribution in [0.4, 0.5) is 32.4 Å². The second kappa shape index (κ2) is 13.3. The summed E-state index contributed by atoms with van der Waals surface area (Å²) < 4.78 is 68.6. The van der Waals surface area contributed by atoms with Crippen molar-refractivity contribution in [2.24, 2.45) is 4.99 Å². The quantitative estimate of drug-likeness (QED) is 0.149. The Bertz CT molecular complexity index is 1830. The number of hydrogen-bond donors (Lipinski definition) is 2. The minimum Gasteiger partial charge on any atom is -0.426 e. The molecular weight excluding hydrogens is 669 g/mol. The molecule has 4 aromatic rings. The summed E-state index contributed by atoms with van der Waals surface area (Å²) in [5.74, 6) is -0.470. The molecule has 0 radical (unpaired) electrons. The number of hydrogen-bond acceptors (Lipinski definition) is 7. The Kier molecular flexibility index (Phi) is 9.56. The number of carbonyl (C=O) groups excluding carboxylic acids is 2. The zero-order valence-electron chi connectivity index (χ0n) is 24.8. The molecule has 1 atom stereocenters. The number of benzene rings is 3. The van der Waals surface area contributed by atoms with E-state index in [2.05, 4.69) is 30.7 Å². The molecule has 5 rings (SSSR count). The van der Waals surface area contributed by atoms with Gasteiger partial charge in [-0.3, -0.25) is 15.1 Å². The van der Waals surface area contributed by atoms with Crippen LogP contribution < -0.4 is 20.5 Å². The van der Waals surface area contributed by atoms with E-state index in [0.717, 1.165) is 40.6 Å². The maximum Gasteiger partial charge on any atom is 0.499 e. The van der Waals surface area contributed by atoms with E-state index in [9.17, 15) is 31.5 Å². The summed E-state index contributed by atoms with van der Waals surface area (Å²) in [6.07, 6.45) is -9.83. The van der Waals surface area contributed by atoms with Crippen molar-refractivity contribution in [3.8, 4) is 22.8 Å². The fourth-order valence-electron chi connectivity index (χ4n) is 4.39. The summed E-state index contributed by atoms with van der Waals surface area (Å²) in [6, 6.07) is 14.0. The van der Waals surface area contributed by atoms with Gasteiger partial charge in [-0.1, -0.05) is 53.7 Å². The number of ether oxygens (including phenoxy) is 1. The molecule has 3 amide bonds. The number of nitrogens with zero attached hydrogens (tertiary/aromatic N) is 5. The number of aliphatic imine (C=N–C) groups is 1. The van der Waals surface area contributed by atoms with Gasteiger partial charge in [0.1, 0.15) is 12.1 Å². The van der Waals surface area contributed by atoms with Crippen LogP contribution in [-0.4, -0.2) is 49.9 Å². The van der Waals surface area contributed by atoms with Gasteiger partial charge in [-0.25, -0.2) is 19.9 Å². The molecule has 1 aliphatic heterocycles. The predicted octanol–water partition coefficient (Wildman–Crippen LogP) is 7.15. The lowest BCUT2D eigenvalue weighted by atomic mass is 10.1. The number of rotatable bonds is 8. The van der Waals surface area contributed by atoms with Crippen LogP contribution in [0.2, 0.25) is 5.02 Å². The number of urea groups is 1. The highest BCUT2D eigenvalue weighted by molar-refractivity contribution is 8.15. The summed E-state index contributed by atoms with van der Waals surface area (Å²) >= 11 is 7.53. The number of amidine groups is 1. The monoisotopic (exact) mass is 693 g/mol. The lowest BCUT2D eigenvalue weighted by molar-refractivity contribution is -0.360. The smallest absolute Gasteiger partial charge is 0.426 e. The third kappa shape index (κ3) is 7.39. The highest BCUT2D eigenvalue weighted by Gasteiger charge is 2.61. The molecule has 17 heteroatoms. The molecule has 246 valence electrons. The average Bonchev–Trinajstić information content (AvgIpc) is 3.65. The number of thioether (sulfide) groups is 1. The molecule has 2 N–H and O–H groups in total. The zero-order valence-corrected chi connectivity index (χ0v) is 26.3. The lowest BCUT2D eigenvalue weighted by Crippen LogP contribution is -2.41. The average molecular weight is 694 g/mol. The minimum absolute atomic E-state index is 0.118. The first-order valence-corrected chi connectivity index (χ1v) is 15.1. The van der Waals surface area contributed by atoms with Gasteiger partial charge in [0.2, 0.25) is 5.91 Å². The molecule has 1 aromatic heterocycles. The van der Waals surface area contributed by atoms with Gasteiger partial charge in [-0.15, -0.1) is 5.10 Å². The molecule has 0 saturated carbocycles. The number of aryl methyl sites for hydroxylation is 1. The van der Waals surface area contributed by atoms with Crippen LogP contribution in [0.5, 0.6) is 5.75 Å². The van der Waals surface area contributed by atoms with Crippen molar-refractivity contribution in [1.82, 2.24) is 25.6 Å². The van der Waals surface area contributed by atoms with Crippen molar-refractivity contribution in [2.75, 3.05) is 10.7 Å². The Hall–Kier alpha value is -4.54. The van der Waals surface area contributed by atoms with E-state index in [1.54, 1.807) is 30.3 Å². The van der Waals surface area contributed by atoms with Crippen molar-refractivity contribution in [3.63, 3.8) is 0 Å². The van der Waals surface area contributed by atoms with Crippen LogP contribution >= 0.6 is 23.4 Å². The van der Waals surface area contributed by atoms with Crippen molar-refractivity contribution < 1.29 is 36.3 Å². The van der Waals surface area contributed by atoms with Crippen LogP contribution in [0.3, 0.4) is 0 Å². The largest absolute Gasteiger partial charge is 0.499 e. The number of carbonyl (C=O) groups is 2. The summed E-state index contributed by atoms with van der Waals surface area (Å²) in [5, 5.41) is 4.92. The second-order valence-electron chi connectivity index (χ2n) is 10.3. The first kappa shape index (κ1) is 33.8. The maximum atomic E-state index is 13.2. The molecular formula is C30H25ClF5N7O3S. The number of aromatic nitrogens is 3. The van der Waals surface area contributed by atoms with Crippen molar-refractivity contribution in [2.45, 2.75) is 39.1 Å². The number of nitrogens with one attached hydrogen (secondary N) is 2. The Morgan fingerprint density at radius 2 is 1.72 bits per heavy atom. The number of halogens is 6. The Labute approximate surface area is 273 Å². The summed E-state index contributed by atoms with van der Waals surface area (Å²) in [4.78, 5) is 35.0. The predicted molar refractivity (Wildman–Crippen MR) is 167 cm³/mol. The number of hydrazine groups is 1. The fourth-order valence-corrected chi connectivity index (χ4v) is 5.53. The Balaban J connectivity index is 1.20. The highest BCUT2D eigenvalue weighted by atomic mass is 35.5. The molecule has 47 heavy (non-hydrogen) atoms. The first-order valence-electron chi connectivity index (χ1n) is 13.8. The third-order valence-corrected chi connectivity index (χ3v) is 8.30. The molecule has 3 aromatic carbocycles. The van der Waals surface area contributed by atoms with E-state index < -0.39 is 24.1 Å². The molecule has 1 unspecified atom stereocenters. The topological polar surface area (TPSA) is 114 Å². The molecule has 1 aliphatic rings. The summed E-state index contributed by atoms with van der Waals surface area (Å²) in [6.45, 7) is 5.55. The van der Waals surface area contributed by atoms with E-state index in [1.807, 2.05) is 26.8 Å². The molecule has 0 bridgehead atoms. The van der Waals surface area contributed by atoms with Gasteiger partial charge in [-0.05, 0) is 67.8 Å². The molecule has 0 aliphatic carbocycles. The first-order chi connectivity index (χ1) is 22.1. The van der Waals surface area contributed by atoms with Gasteiger partial charge in [0.25, 0.3) is 0 Å². The molecule has 2 heterocycles. The van der Waals surface area contributed by atoms with Gasteiger partial charge in [0.05, 0.1) is 22.2 Å². The zero-order chi connectivity index (χ0) is 34.1. The lowest BCUT2D eigenvalue weighted by Gasteiger charge is -2.21. The summed E-state index contributed by atoms with van der Waals surface area (Å²) in [7, 11) is 0. The van der Waals surface area contributed by atoms with Crippen molar-refractivity contribution in [1.29, 1.82) is 0 Å². The third-order valence-electron chi connectivity index (χ3n) is 7.07. The Morgan fingerprint density at radius 1 is 1.04 bits per heavy atom. The van der Waals surface area contributed by atoms with E-state index in [4.69, 9.17) is 11.6 Å². The normalized spacial score (nSPS) is 15.3. The van der Waals surface area contributed by atoms with Crippen LogP contribution in [0.1, 0.15) is 29.7 Å². The molecule has 1 saturated heterocycles. The molecule has 0 spiro atoms. The van der Waals surface area contributed by atoms with Crippen molar-refractivity contribution in [3.05, 3.63) is 88.7 Å². The van der Waals surface area contributed by atoms with Crippen LogP contribution in [0.15, 0.2) is 72.0 Å². The standard InChI is InChI=1S/C30H25ClF5N7O3S/c1-16-4-13-23(31)25(17(16)2)43-24(44)14-47-28(43)38-27(45)40-39-18(3)19-5-7-20(8-6-19)26-37-15-42(41-26)21-9-11-22(12-10-21)46-30(35,36)29(32,33)34/h4-13,15,18,39H,14H2,1-3H3,(H,40,45). The van der Waals surface area contributed by atoms with Crippen LogP contribution in [0.25, 0.3) is 17.1 Å².